The summed E-state index contributed by atoms with van der Waals surface area (Å²) in [6, 6.07) is 20.5. The first-order valence-corrected chi connectivity index (χ1v) is 20.9. The van der Waals surface area contributed by atoms with E-state index in [4.69, 9.17) is 21.3 Å². The normalized spacial score (nSPS) is 17.1. The summed E-state index contributed by atoms with van der Waals surface area (Å²) in [5, 5.41) is 4.53. The van der Waals surface area contributed by atoms with Crippen molar-refractivity contribution in [2.75, 3.05) is 63.1 Å². The molecule has 0 amide bonds. The number of ether oxygens (including phenoxy) is 1. The van der Waals surface area contributed by atoms with E-state index in [1.165, 1.54) is 86.0 Å². The Labute approximate surface area is 330 Å². The predicted octanol–water partition coefficient (Wildman–Crippen LogP) is 10.3. The molecule has 5 aromatic rings. The number of hydrogen-bond donors (Lipinski definition) is 1. The van der Waals surface area contributed by atoms with Gasteiger partial charge in [0, 0.05) is 92.1 Å². The SMILES string of the molecule is CN1CCCc2cc(OCCCCCCN3CCN(Cc4ccc(-c5cn(C6CCCCC6)c6nc(Nc7cc(F)cc(Cl)c7)ncc56)cc4)CC3)ccc21. The summed E-state index contributed by atoms with van der Waals surface area (Å²) in [5.41, 5.74) is 7.88. The topological polar surface area (TPSA) is 61.7 Å². The lowest BCUT2D eigenvalue weighted by molar-refractivity contribution is 0.125. The maximum atomic E-state index is 14.0. The molecule has 2 aliphatic heterocycles. The molecule has 1 saturated carbocycles. The molecule has 0 atom stereocenters. The van der Waals surface area contributed by atoms with E-state index in [0.29, 0.717) is 22.7 Å². The van der Waals surface area contributed by atoms with Crippen molar-refractivity contribution in [2.45, 2.75) is 83.2 Å². The summed E-state index contributed by atoms with van der Waals surface area (Å²) in [4.78, 5) is 17.2. The molecule has 2 fully saturated rings. The Morgan fingerprint density at radius 1 is 0.855 bits per heavy atom. The van der Waals surface area contributed by atoms with Crippen LogP contribution in [0.15, 0.2) is 73.1 Å². The smallest absolute Gasteiger partial charge is 0.229 e. The molecule has 290 valence electrons. The number of benzene rings is 3. The molecule has 55 heavy (non-hydrogen) atoms. The van der Waals surface area contributed by atoms with Crippen LogP contribution < -0.4 is 15.0 Å². The molecular weight excluding hydrogens is 709 g/mol. The van der Waals surface area contributed by atoms with Crippen LogP contribution in [0.5, 0.6) is 5.75 Å². The third-order valence-electron chi connectivity index (χ3n) is 11.8. The number of rotatable bonds is 14. The molecule has 8 nitrogen and oxygen atoms in total. The van der Waals surface area contributed by atoms with E-state index in [-0.39, 0.29) is 0 Å². The molecule has 3 aromatic carbocycles. The molecule has 1 aliphatic carbocycles. The lowest BCUT2D eigenvalue weighted by atomic mass is 9.95. The fraction of sp³-hybridized carbons (Fsp3) is 0.467. The highest BCUT2D eigenvalue weighted by molar-refractivity contribution is 6.30. The van der Waals surface area contributed by atoms with Crippen molar-refractivity contribution in [1.29, 1.82) is 0 Å². The van der Waals surface area contributed by atoms with Crippen molar-refractivity contribution in [1.82, 2.24) is 24.3 Å². The molecule has 3 aliphatic rings. The van der Waals surface area contributed by atoms with Crippen LogP contribution in [0.3, 0.4) is 0 Å². The van der Waals surface area contributed by atoms with Gasteiger partial charge >= 0.3 is 0 Å². The van der Waals surface area contributed by atoms with Crippen LogP contribution in [0.1, 0.15) is 81.4 Å². The molecule has 1 N–H and O–H groups in total. The fourth-order valence-electron chi connectivity index (χ4n) is 8.76. The van der Waals surface area contributed by atoms with Crippen LogP contribution in [0.4, 0.5) is 21.7 Å². The molecular formula is C45H55ClFN7O. The summed E-state index contributed by atoms with van der Waals surface area (Å²) in [7, 11) is 2.18. The van der Waals surface area contributed by atoms with Crippen molar-refractivity contribution >= 4 is 40.0 Å². The quantitative estimate of drug-likeness (QED) is 0.113. The fourth-order valence-corrected chi connectivity index (χ4v) is 8.99. The van der Waals surface area contributed by atoms with Gasteiger partial charge < -0.3 is 24.4 Å². The van der Waals surface area contributed by atoms with Crippen LogP contribution in [0.2, 0.25) is 5.02 Å². The third-order valence-corrected chi connectivity index (χ3v) is 12.1. The van der Waals surface area contributed by atoms with E-state index in [2.05, 4.69) is 85.3 Å². The average Bonchev–Trinajstić information content (AvgIpc) is 3.57. The van der Waals surface area contributed by atoms with Gasteiger partial charge in [-0.05, 0) is 98.2 Å². The second-order valence-corrected chi connectivity index (χ2v) is 16.3. The first-order chi connectivity index (χ1) is 26.9. The van der Waals surface area contributed by atoms with Gasteiger partial charge in [-0.1, -0.05) is 68.0 Å². The first kappa shape index (κ1) is 37.7. The Balaban J connectivity index is 0.805. The van der Waals surface area contributed by atoms with Crippen LogP contribution in [-0.2, 0) is 13.0 Å². The minimum atomic E-state index is -0.399. The number of aryl methyl sites for hydroxylation is 1. The van der Waals surface area contributed by atoms with Gasteiger partial charge in [0.15, 0.2) is 0 Å². The standard InChI is InChI=1S/C45H55ClFN7O/c1-51-19-9-10-35-26-40(17-18-43(35)51)55-25-8-3-2-7-20-52-21-23-53(24-22-52)31-33-13-15-34(16-14-33)42-32-54(39-11-5-4-6-12-39)44-41(42)30-48-45(50-44)49-38-28-36(46)27-37(47)29-38/h13-18,26-30,32,39H,2-12,19-25,31H2,1H3,(H,48,49,50). The molecule has 1 saturated heterocycles. The van der Waals surface area contributed by atoms with Crippen molar-refractivity contribution < 1.29 is 9.13 Å². The second-order valence-electron chi connectivity index (χ2n) is 15.8. The Bertz CT molecular complexity index is 2020. The van der Waals surface area contributed by atoms with E-state index in [1.807, 2.05) is 6.20 Å². The van der Waals surface area contributed by atoms with Crippen LogP contribution in [0, 0.1) is 5.82 Å². The van der Waals surface area contributed by atoms with E-state index in [9.17, 15) is 4.39 Å². The van der Waals surface area contributed by atoms with Crippen molar-refractivity contribution in [3.05, 3.63) is 95.0 Å². The van der Waals surface area contributed by atoms with Crippen LogP contribution in [0.25, 0.3) is 22.2 Å². The zero-order chi connectivity index (χ0) is 37.6. The maximum Gasteiger partial charge on any atom is 0.229 e. The van der Waals surface area contributed by atoms with Gasteiger partial charge in [0.05, 0.1) is 6.61 Å². The van der Waals surface area contributed by atoms with E-state index >= 15 is 0 Å². The van der Waals surface area contributed by atoms with Crippen molar-refractivity contribution in [3.8, 4) is 16.9 Å². The lowest BCUT2D eigenvalue weighted by Gasteiger charge is -2.34. The number of nitrogens with zero attached hydrogens (tertiary/aromatic N) is 6. The molecule has 4 heterocycles. The number of fused-ring (bicyclic) bond motifs is 2. The summed E-state index contributed by atoms with van der Waals surface area (Å²) >= 11 is 6.11. The molecule has 0 radical (unpaired) electrons. The predicted molar refractivity (Wildman–Crippen MR) is 223 cm³/mol. The van der Waals surface area contributed by atoms with Gasteiger partial charge in [0.1, 0.15) is 17.2 Å². The molecule has 0 unspecified atom stereocenters. The highest BCUT2D eigenvalue weighted by Gasteiger charge is 2.22. The van der Waals surface area contributed by atoms with Gasteiger partial charge in [-0.2, -0.15) is 4.98 Å². The van der Waals surface area contributed by atoms with Crippen molar-refractivity contribution in [2.24, 2.45) is 0 Å². The number of nitrogens with one attached hydrogen (secondary N) is 1. The number of anilines is 3. The monoisotopic (exact) mass is 763 g/mol. The number of aromatic nitrogens is 3. The highest BCUT2D eigenvalue weighted by Crippen LogP contribution is 2.37. The summed E-state index contributed by atoms with van der Waals surface area (Å²) < 4.78 is 22.5. The molecule has 2 aromatic heterocycles. The second kappa shape index (κ2) is 17.7. The molecule has 0 spiro atoms. The van der Waals surface area contributed by atoms with Gasteiger partial charge in [0.2, 0.25) is 5.95 Å². The largest absolute Gasteiger partial charge is 0.494 e. The van der Waals surface area contributed by atoms with Gasteiger partial charge in [-0.25, -0.2) is 9.37 Å². The third kappa shape index (κ3) is 9.45. The molecule has 10 heteroatoms. The summed E-state index contributed by atoms with van der Waals surface area (Å²) in [6.45, 7) is 8.60. The van der Waals surface area contributed by atoms with Crippen LogP contribution in [-0.4, -0.2) is 77.3 Å². The Kier molecular flexibility index (Phi) is 12.2. The minimum Gasteiger partial charge on any atom is -0.494 e. The summed E-state index contributed by atoms with van der Waals surface area (Å²) in [5.74, 6) is 1.06. The zero-order valence-corrected chi connectivity index (χ0v) is 33.0. The first-order valence-electron chi connectivity index (χ1n) is 20.6. The van der Waals surface area contributed by atoms with Gasteiger partial charge in [-0.15, -0.1) is 0 Å². The molecule has 0 bridgehead atoms. The van der Waals surface area contributed by atoms with Crippen molar-refractivity contribution in [3.63, 3.8) is 0 Å². The van der Waals surface area contributed by atoms with Crippen LogP contribution >= 0.6 is 11.6 Å². The van der Waals surface area contributed by atoms with E-state index in [1.54, 1.807) is 6.07 Å². The summed E-state index contributed by atoms with van der Waals surface area (Å²) in [6.07, 6.45) is 17.4. The lowest BCUT2D eigenvalue weighted by Crippen LogP contribution is -2.46. The number of unbranched alkanes of at least 4 members (excludes halogenated alkanes) is 3. The Morgan fingerprint density at radius 3 is 2.47 bits per heavy atom. The number of piperazine rings is 1. The zero-order valence-electron chi connectivity index (χ0n) is 32.3. The Hall–Kier alpha value is -4.18. The highest BCUT2D eigenvalue weighted by atomic mass is 35.5. The number of halogens is 2. The average molecular weight is 764 g/mol. The maximum absolute atomic E-state index is 14.0. The Morgan fingerprint density at radius 2 is 1.65 bits per heavy atom. The molecule has 8 rings (SSSR count). The minimum absolute atomic E-state index is 0.330. The van der Waals surface area contributed by atoms with Gasteiger partial charge in [-0.3, -0.25) is 4.90 Å². The van der Waals surface area contributed by atoms with E-state index in [0.717, 1.165) is 93.9 Å². The van der Waals surface area contributed by atoms with Gasteiger partial charge in [0.25, 0.3) is 0 Å². The number of hydrogen-bond acceptors (Lipinski definition) is 7. The van der Waals surface area contributed by atoms with E-state index < -0.39 is 5.82 Å².